The summed E-state index contributed by atoms with van der Waals surface area (Å²) in [7, 11) is 0. The molecule has 0 atom stereocenters. The monoisotopic (exact) mass is 413 g/mol. The second-order valence-corrected chi connectivity index (χ2v) is 6.55. The van der Waals surface area contributed by atoms with Gasteiger partial charge in [0.25, 0.3) is 0 Å². The Bertz CT molecular complexity index is 1080. The molecule has 2 aromatic carbocycles. The van der Waals surface area contributed by atoms with Gasteiger partial charge in [0.1, 0.15) is 6.33 Å². The SMILES string of the molecule is ClNc1ccc(CCn2cnc3c(Nc4cccc(NCl)c4)ncnc32)cc1. The summed E-state index contributed by atoms with van der Waals surface area (Å²) >= 11 is 11.3. The van der Waals surface area contributed by atoms with E-state index in [9.17, 15) is 0 Å². The van der Waals surface area contributed by atoms with E-state index in [1.165, 1.54) is 11.9 Å². The summed E-state index contributed by atoms with van der Waals surface area (Å²) in [4.78, 5) is 18.5. The van der Waals surface area contributed by atoms with E-state index in [1.807, 2.05) is 53.1 Å². The van der Waals surface area contributed by atoms with Gasteiger partial charge in [-0.15, -0.1) is 0 Å². The first kappa shape index (κ1) is 18.3. The van der Waals surface area contributed by atoms with E-state index in [-0.39, 0.29) is 0 Å². The van der Waals surface area contributed by atoms with Crippen LogP contribution in [0.1, 0.15) is 5.56 Å². The van der Waals surface area contributed by atoms with Crippen LogP contribution in [0.25, 0.3) is 11.2 Å². The molecule has 4 rings (SSSR count). The molecular formula is C19H17Cl2N7. The van der Waals surface area contributed by atoms with Gasteiger partial charge in [-0.1, -0.05) is 18.2 Å². The Kier molecular flexibility index (Phi) is 5.45. The third kappa shape index (κ3) is 3.95. The van der Waals surface area contributed by atoms with E-state index in [0.29, 0.717) is 11.3 Å². The lowest BCUT2D eigenvalue weighted by atomic mass is 10.1. The summed E-state index contributed by atoms with van der Waals surface area (Å²) in [5.74, 6) is 0.646. The van der Waals surface area contributed by atoms with Crippen LogP contribution in [-0.4, -0.2) is 19.5 Å². The lowest BCUT2D eigenvalue weighted by molar-refractivity contribution is 0.709. The van der Waals surface area contributed by atoms with Crippen molar-refractivity contribution in [2.24, 2.45) is 0 Å². The molecule has 142 valence electrons. The number of nitrogens with one attached hydrogen (secondary N) is 3. The van der Waals surface area contributed by atoms with Crippen LogP contribution in [0.5, 0.6) is 0 Å². The van der Waals surface area contributed by atoms with Crippen LogP contribution in [0.2, 0.25) is 0 Å². The molecule has 0 aliphatic heterocycles. The highest BCUT2D eigenvalue weighted by Crippen LogP contribution is 2.24. The van der Waals surface area contributed by atoms with Crippen molar-refractivity contribution in [3.05, 3.63) is 66.7 Å². The second-order valence-electron chi connectivity index (χ2n) is 6.17. The summed E-state index contributed by atoms with van der Waals surface area (Å²) in [6, 6.07) is 15.6. The fraction of sp³-hybridized carbons (Fsp3) is 0.105. The molecule has 3 N–H and O–H groups in total. The van der Waals surface area contributed by atoms with Crippen LogP contribution >= 0.6 is 23.6 Å². The molecular weight excluding hydrogens is 397 g/mol. The molecule has 0 fully saturated rings. The Labute approximate surface area is 172 Å². The van der Waals surface area contributed by atoms with Crippen molar-refractivity contribution in [3.63, 3.8) is 0 Å². The number of aryl methyl sites for hydroxylation is 2. The van der Waals surface area contributed by atoms with E-state index in [1.54, 1.807) is 6.33 Å². The minimum atomic E-state index is 0.646. The van der Waals surface area contributed by atoms with Gasteiger partial charge in [0.05, 0.1) is 12.0 Å². The topological polar surface area (TPSA) is 79.7 Å². The predicted octanol–water partition coefficient (Wildman–Crippen LogP) is 4.94. The number of hydrogen-bond donors (Lipinski definition) is 3. The molecule has 0 spiro atoms. The van der Waals surface area contributed by atoms with Crippen molar-refractivity contribution in [3.8, 4) is 0 Å². The molecule has 0 saturated carbocycles. The van der Waals surface area contributed by atoms with Crippen LogP contribution in [0.3, 0.4) is 0 Å². The third-order valence-corrected chi connectivity index (χ3v) is 4.78. The van der Waals surface area contributed by atoms with Crippen LogP contribution in [-0.2, 0) is 13.0 Å². The Morgan fingerprint density at radius 2 is 1.64 bits per heavy atom. The van der Waals surface area contributed by atoms with Crippen LogP contribution in [0.4, 0.5) is 22.9 Å². The molecule has 28 heavy (non-hydrogen) atoms. The Balaban J connectivity index is 1.54. The van der Waals surface area contributed by atoms with Gasteiger partial charge in [-0.2, -0.15) is 0 Å². The van der Waals surface area contributed by atoms with E-state index < -0.39 is 0 Å². The Morgan fingerprint density at radius 3 is 2.43 bits per heavy atom. The summed E-state index contributed by atoms with van der Waals surface area (Å²) in [6.07, 6.45) is 4.17. The van der Waals surface area contributed by atoms with Crippen LogP contribution < -0.4 is 15.0 Å². The average molecular weight is 414 g/mol. The van der Waals surface area contributed by atoms with Crippen molar-refractivity contribution in [2.45, 2.75) is 13.0 Å². The lowest BCUT2D eigenvalue weighted by Gasteiger charge is -2.08. The van der Waals surface area contributed by atoms with Crippen molar-refractivity contribution in [2.75, 3.05) is 15.0 Å². The quantitative estimate of drug-likeness (QED) is 0.372. The van der Waals surface area contributed by atoms with Crippen molar-refractivity contribution >= 4 is 57.6 Å². The molecule has 7 nitrogen and oxygen atoms in total. The highest BCUT2D eigenvalue weighted by atomic mass is 35.5. The maximum absolute atomic E-state index is 5.67. The fourth-order valence-corrected chi connectivity index (χ4v) is 3.16. The number of rotatable bonds is 7. The van der Waals surface area contributed by atoms with Gasteiger partial charge < -0.3 is 9.88 Å². The first-order valence-electron chi connectivity index (χ1n) is 8.62. The molecule has 4 aromatic rings. The number of aromatic nitrogens is 4. The zero-order chi connectivity index (χ0) is 19.3. The van der Waals surface area contributed by atoms with Gasteiger partial charge in [0, 0.05) is 41.5 Å². The van der Waals surface area contributed by atoms with Crippen LogP contribution in [0, 0.1) is 0 Å². The number of benzene rings is 2. The lowest BCUT2D eigenvalue weighted by Crippen LogP contribution is -2.02. The fourth-order valence-electron chi connectivity index (χ4n) is 2.91. The van der Waals surface area contributed by atoms with Gasteiger partial charge in [0.2, 0.25) is 0 Å². The highest BCUT2D eigenvalue weighted by molar-refractivity contribution is 6.24. The molecule has 2 heterocycles. The first-order valence-corrected chi connectivity index (χ1v) is 9.37. The number of nitrogens with zero attached hydrogens (tertiary/aromatic N) is 4. The Morgan fingerprint density at radius 1 is 0.857 bits per heavy atom. The minimum absolute atomic E-state index is 0.646. The second kappa shape index (κ2) is 8.33. The van der Waals surface area contributed by atoms with Gasteiger partial charge in [-0.3, -0.25) is 9.67 Å². The summed E-state index contributed by atoms with van der Waals surface area (Å²) in [5.41, 5.74) is 5.22. The van der Waals surface area contributed by atoms with Crippen LogP contribution in [0.15, 0.2) is 61.2 Å². The standard InChI is InChI=1S/C19H17Cl2N7/c20-26-14-6-4-13(5-7-14)8-9-28-12-24-17-18(22-11-23-19(17)28)25-15-2-1-3-16(10-15)27-21/h1-7,10-12,26-27H,8-9H2,(H,22,23,25). The van der Waals surface area contributed by atoms with Crippen molar-refractivity contribution in [1.82, 2.24) is 19.5 Å². The minimum Gasteiger partial charge on any atom is -0.338 e. The first-order chi connectivity index (χ1) is 13.8. The molecule has 0 bridgehead atoms. The number of anilines is 4. The molecule has 0 aliphatic carbocycles. The maximum atomic E-state index is 5.67. The average Bonchev–Trinajstić information content (AvgIpc) is 3.17. The van der Waals surface area contributed by atoms with Gasteiger partial charge in [-0.25, -0.2) is 15.0 Å². The molecule has 0 amide bonds. The van der Waals surface area contributed by atoms with E-state index in [2.05, 4.69) is 29.9 Å². The summed E-state index contributed by atoms with van der Waals surface area (Å²) in [5, 5.41) is 3.28. The summed E-state index contributed by atoms with van der Waals surface area (Å²) < 4.78 is 2.02. The smallest absolute Gasteiger partial charge is 0.165 e. The molecule has 0 saturated heterocycles. The molecule has 0 aliphatic rings. The van der Waals surface area contributed by atoms with E-state index >= 15 is 0 Å². The number of halogens is 2. The number of hydrogen-bond acceptors (Lipinski definition) is 6. The number of imidazole rings is 1. The van der Waals surface area contributed by atoms with E-state index in [4.69, 9.17) is 23.6 Å². The third-order valence-electron chi connectivity index (χ3n) is 4.34. The summed E-state index contributed by atoms with van der Waals surface area (Å²) in [6.45, 7) is 0.756. The number of fused-ring (bicyclic) bond motifs is 1. The predicted molar refractivity (Wildman–Crippen MR) is 114 cm³/mol. The molecule has 0 unspecified atom stereocenters. The molecule has 9 heteroatoms. The largest absolute Gasteiger partial charge is 0.338 e. The van der Waals surface area contributed by atoms with Crippen molar-refractivity contribution in [1.29, 1.82) is 0 Å². The normalized spacial score (nSPS) is 10.8. The highest BCUT2D eigenvalue weighted by Gasteiger charge is 2.10. The van der Waals surface area contributed by atoms with Gasteiger partial charge in [-0.05, 0) is 42.3 Å². The molecule has 0 radical (unpaired) electrons. The van der Waals surface area contributed by atoms with E-state index in [0.717, 1.165) is 35.7 Å². The van der Waals surface area contributed by atoms with Gasteiger partial charge in [0.15, 0.2) is 17.0 Å². The zero-order valence-electron chi connectivity index (χ0n) is 14.7. The Hall–Kier alpha value is -3.03. The van der Waals surface area contributed by atoms with Crippen molar-refractivity contribution < 1.29 is 0 Å². The van der Waals surface area contributed by atoms with Gasteiger partial charge >= 0.3 is 0 Å². The zero-order valence-corrected chi connectivity index (χ0v) is 16.2. The maximum Gasteiger partial charge on any atom is 0.165 e. The molecule has 2 aromatic heterocycles.